The molecule has 0 atom stereocenters. The number of hydrogen-bond acceptors (Lipinski definition) is 3. The van der Waals surface area contributed by atoms with Crippen molar-refractivity contribution in [3.05, 3.63) is 63.7 Å². The van der Waals surface area contributed by atoms with Crippen LogP contribution >= 0.6 is 0 Å². The van der Waals surface area contributed by atoms with E-state index in [-0.39, 0.29) is 5.91 Å². The van der Waals surface area contributed by atoms with E-state index in [1.807, 2.05) is 4.90 Å². The number of benzene rings is 3. The molecule has 0 spiro atoms. The molecule has 3 heterocycles. The molecule has 0 N–H and O–H groups in total. The Labute approximate surface area is 195 Å². The van der Waals surface area contributed by atoms with Crippen molar-refractivity contribution in [1.82, 2.24) is 0 Å². The summed E-state index contributed by atoms with van der Waals surface area (Å²) in [6.45, 7) is 10.3. The Morgan fingerprint density at radius 2 is 1.48 bits per heavy atom. The fourth-order valence-electron chi connectivity index (χ4n) is 5.98. The Morgan fingerprint density at radius 3 is 2.27 bits per heavy atom. The summed E-state index contributed by atoms with van der Waals surface area (Å²) in [6.07, 6.45) is 2.75. The number of nitrogens with zero attached hydrogens (tertiary/aromatic N) is 1. The Hall–Kier alpha value is -3.27. The third kappa shape index (κ3) is 3.07. The summed E-state index contributed by atoms with van der Waals surface area (Å²) >= 11 is 0. The molecule has 0 aliphatic carbocycles. The first-order valence-corrected chi connectivity index (χ1v) is 11.9. The molecule has 0 saturated heterocycles. The third-order valence-corrected chi connectivity index (χ3v) is 7.25. The Morgan fingerprint density at radius 1 is 0.788 bits per heavy atom. The quantitative estimate of drug-likeness (QED) is 0.512. The molecule has 168 valence electrons. The molecule has 0 bridgehead atoms. The molecule has 3 aliphatic rings. The van der Waals surface area contributed by atoms with Gasteiger partial charge < -0.3 is 14.4 Å². The van der Waals surface area contributed by atoms with E-state index in [2.05, 4.69) is 51.1 Å². The van der Waals surface area contributed by atoms with Crippen LogP contribution in [0.1, 0.15) is 40.3 Å². The zero-order valence-corrected chi connectivity index (χ0v) is 19.8. The van der Waals surface area contributed by atoms with Gasteiger partial charge in [0.2, 0.25) is 5.91 Å². The summed E-state index contributed by atoms with van der Waals surface area (Å²) in [5, 5.41) is 0. The first-order chi connectivity index (χ1) is 15.9. The van der Waals surface area contributed by atoms with E-state index in [9.17, 15) is 4.79 Å². The minimum absolute atomic E-state index is 0.0947. The van der Waals surface area contributed by atoms with E-state index in [0.29, 0.717) is 6.61 Å². The molecule has 0 fully saturated rings. The highest BCUT2D eigenvalue weighted by Gasteiger charge is 2.31. The number of rotatable bonds is 2. The van der Waals surface area contributed by atoms with Gasteiger partial charge in [-0.3, -0.25) is 4.79 Å². The van der Waals surface area contributed by atoms with Gasteiger partial charge in [-0.15, -0.1) is 0 Å². The SMILES string of the molecule is CC(=O)N1CCc2cc(C)cc(-c3cc(C)c(-c4cc(C)cc5c4OCC5)c4c3OCC4)c21. The third-order valence-electron chi connectivity index (χ3n) is 7.25. The molecule has 3 aliphatic heterocycles. The molecule has 4 heteroatoms. The average Bonchev–Trinajstić information content (AvgIpc) is 3.50. The number of carbonyl (C=O) groups excluding carboxylic acids is 1. The fraction of sp³-hybridized carbons (Fsp3) is 0.345. The van der Waals surface area contributed by atoms with Gasteiger partial charge in [0.05, 0.1) is 18.9 Å². The van der Waals surface area contributed by atoms with Crippen molar-refractivity contribution >= 4 is 11.6 Å². The zero-order chi connectivity index (χ0) is 22.9. The van der Waals surface area contributed by atoms with Crippen LogP contribution in [0.4, 0.5) is 5.69 Å². The molecule has 0 aromatic heterocycles. The van der Waals surface area contributed by atoms with Crippen molar-refractivity contribution in [3.63, 3.8) is 0 Å². The standard InChI is InChI=1S/C29H29NO3/c1-16-11-20-5-8-30(19(4)31)27(20)23(13-16)24-15-18(3)26(22-7-10-33-29(22)24)25-14-17(2)12-21-6-9-32-28(21)25/h11-15H,5-10H2,1-4H3. The van der Waals surface area contributed by atoms with Crippen LogP contribution in [0, 0.1) is 20.8 Å². The number of fused-ring (bicyclic) bond motifs is 3. The Balaban J connectivity index is 1.61. The molecule has 0 saturated carbocycles. The van der Waals surface area contributed by atoms with E-state index >= 15 is 0 Å². The van der Waals surface area contributed by atoms with E-state index in [4.69, 9.17) is 9.47 Å². The van der Waals surface area contributed by atoms with Crippen LogP contribution in [0.2, 0.25) is 0 Å². The van der Waals surface area contributed by atoms with Crippen LogP contribution < -0.4 is 14.4 Å². The van der Waals surface area contributed by atoms with E-state index in [1.54, 1.807) is 6.92 Å². The predicted octanol–water partition coefficient (Wildman–Crippen LogP) is 5.72. The van der Waals surface area contributed by atoms with Gasteiger partial charge in [0.1, 0.15) is 11.5 Å². The van der Waals surface area contributed by atoms with E-state index in [1.165, 1.54) is 44.5 Å². The first kappa shape index (κ1) is 20.3. The monoisotopic (exact) mass is 439 g/mol. The fourth-order valence-corrected chi connectivity index (χ4v) is 5.98. The van der Waals surface area contributed by atoms with Crippen LogP contribution in [0.15, 0.2) is 30.3 Å². The number of anilines is 1. The summed E-state index contributed by atoms with van der Waals surface area (Å²) in [4.78, 5) is 14.4. The number of amides is 1. The summed E-state index contributed by atoms with van der Waals surface area (Å²) in [6, 6.07) is 11.2. The molecule has 4 nitrogen and oxygen atoms in total. The average molecular weight is 440 g/mol. The molecular formula is C29H29NO3. The number of carbonyl (C=O) groups is 1. The van der Waals surface area contributed by atoms with Crippen LogP contribution in [0.5, 0.6) is 11.5 Å². The van der Waals surface area contributed by atoms with Gasteiger partial charge in [-0.25, -0.2) is 0 Å². The highest BCUT2D eigenvalue weighted by atomic mass is 16.5. The van der Waals surface area contributed by atoms with Crippen molar-refractivity contribution in [2.75, 3.05) is 24.7 Å². The predicted molar refractivity (Wildman–Crippen MR) is 132 cm³/mol. The molecule has 0 unspecified atom stereocenters. The molecule has 0 radical (unpaired) electrons. The lowest BCUT2D eigenvalue weighted by Gasteiger charge is -2.23. The zero-order valence-electron chi connectivity index (χ0n) is 19.8. The van der Waals surface area contributed by atoms with Crippen LogP contribution in [-0.4, -0.2) is 25.7 Å². The van der Waals surface area contributed by atoms with Crippen LogP contribution in [0.3, 0.4) is 0 Å². The van der Waals surface area contributed by atoms with Gasteiger partial charge in [0, 0.05) is 48.6 Å². The van der Waals surface area contributed by atoms with Crippen molar-refractivity contribution in [3.8, 4) is 33.8 Å². The molecule has 3 aromatic rings. The van der Waals surface area contributed by atoms with Gasteiger partial charge in [-0.1, -0.05) is 17.7 Å². The maximum atomic E-state index is 12.4. The van der Waals surface area contributed by atoms with Gasteiger partial charge in [-0.05, 0) is 73.2 Å². The molecule has 1 amide bonds. The molecule has 6 rings (SSSR count). The van der Waals surface area contributed by atoms with Crippen molar-refractivity contribution in [2.45, 2.75) is 47.0 Å². The lowest BCUT2D eigenvalue weighted by atomic mass is 9.86. The maximum absolute atomic E-state index is 12.4. The van der Waals surface area contributed by atoms with E-state index < -0.39 is 0 Å². The molecule has 33 heavy (non-hydrogen) atoms. The molecule has 3 aromatic carbocycles. The largest absolute Gasteiger partial charge is 0.492 e. The van der Waals surface area contributed by atoms with Crippen LogP contribution in [-0.2, 0) is 24.1 Å². The van der Waals surface area contributed by atoms with Gasteiger partial charge in [0.15, 0.2) is 0 Å². The van der Waals surface area contributed by atoms with Gasteiger partial charge >= 0.3 is 0 Å². The Kier molecular flexibility index (Phi) is 4.55. The maximum Gasteiger partial charge on any atom is 0.223 e. The summed E-state index contributed by atoms with van der Waals surface area (Å²) < 4.78 is 12.4. The smallest absolute Gasteiger partial charge is 0.223 e. The normalized spacial score (nSPS) is 15.7. The lowest BCUT2D eigenvalue weighted by molar-refractivity contribution is -0.116. The topological polar surface area (TPSA) is 38.8 Å². The number of hydrogen-bond donors (Lipinski definition) is 0. The van der Waals surface area contributed by atoms with Crippen molar-refractivity contribution in [2.24, 2.45) is 0 Å². The summed E-state index contributed by atoms with van der Waals surface area (Å²) in [7, 11) is 0. The van der Waals surface area contributed by atoms with Crippen LogP contribution in [0.25, 0.3) is 22.3 Å². The second kappa shape index (κ2) is 7.38. The minimum atomic E-state index is 0.0947. The van der Waals surface area contributed by atoms with Gasteiger partial charge in [0.25, 0.3) is 0 Å². The van der Waals surface area contributed by atoms with E-state index in [0.717, 1.165) is 60.7 Å². The Bertz CT molecular complexity index is 1340. The first-order valence-electron chi connectivity index (χ1n) is 11.9. The second-order valence-corrected chi connectivity index (χ2v) is 9.66. The minimum Gasteiger partial charge on any atom is -0.492 e. The van der Waals surface area contributed by atoms with Crippen molar-refractivity contribution < 1.29 is 14.3 Å². The summed E-state index contributed by atoms with van der Waals surface area (Å²) in [5.74, 6) is 2.09. The second-order valence-electron chi connectivity index (χ2n) is 9.66. The lowest BCUT2D eigenvalue weighted by Crippen LogP contribution is -2.26. The van der Waals surface area contributed by atoms with Crippen molar-refractivity contribution in [1.29, 1.82) is 0 Å². The molecular weight excluding hydrogens is 410 g/mol. The highest BCUT2D eigenvalue weighted by molar-refractivity contribution is 6.01. The number of aryl methyl sites for hydroxylation is 3. The number of ether oxygens (including phenoxy) is 2. The highest BCUT2D eigenvalue weighted by Crippen LogP contribution is 2.51. The summed E-state index contributed by atoms with van der Waals surface area (Å²) in [5.41, 5.74) is 13.2. The van der Waals surface area contributed by atoms with Gasteiger partial charge in [-0.2, -0.15) is 0 Å².